The molecule has 1 heterocycles. The van der Waals surface area contributed by atoms with Gasteiger partial charge in [0.1, 0.15) is 17.5 Å². The van der Waals surface area contributed by atoms with Gasteiger partial charge in [-0.1, -0.05) is 6.92 Å². The Morgan fingerprint density at radius 1 is 1.21 bits per heavy atom. The lowest BCUT2D eigenvalue weighted by Gasteiger charge is -2.22. The van der Waals surface area contributed by atoms with Gasteiger partial charge in [0.25, 0.3) is 0 Å². The van der Waals surface area contributed by atoms with Gasteiger partial charge in [-0.05, 0) is 39.0 Å². The molecule has 1 aromatic heterocycles. The molecule has 2 aliphatic rings. The number of nitrogens with zero attached hydrogens (tertiary/aromatic N) is 3. The quantitative estimate of drug-likeness (QED) is 0.853. The van der Waals surface area contributed by atoms with Crippen molar-refractivity contribution in [1.29, 1.82) is 0 Å². The number of rotatable bonds is 6. The highest BCUT2D eigenvalue weighted by molar-refractivity contribution is 5.59. The maximum atomic E-state index is 4.84. The zero-order chi connectivity index (χ0) is 13.4. The number of aromatic nitrogens is 2. The van der Waals surface area contributed by atoms with Crippen LogP contribution in [-0.4, -0.2) is 29.6 Å². The first-order valence-corrected chi connectivity index (χ1v) is 7.56. The van der Waals surface area contributed by atoms with Crippen LogP contribution in [0.15, 0.2) is 0 Å². The summed E-state index contributed by atoms with van der Waals surface area (Å²) in [6, 6.07) is 0.694. The summed E-state index contributed by atoms with van der Waals surface area (Å²) in [5.74, 6) is 3.83. The van der Waals surface area contributed by atoms with E-state index in [1.807, 2.05) is 0 Å². The third-order valence-electron chi connectivity index (χ3n) is 4.05. The van der Waals surface area contributed by atoms with Gasteiger partial charge in [-0.25, -0.2) is 9.97 Å². The zero-order valence-corrected chi connectivity index (χ0v) is 12.2. The molecule has 2 fully saturated rings. The standard InChI is InChI=1S/C15H24N4/c1-4-9-16-13-10(2)15(19(3)12-7-8-12)18-14(17-13)11-5-6-11/h11-12H,4-9H2,1-3H3,(H,16,17,18). The molecule has 4 heteroatoms. The molecule has 2 aliphatic carbocycles. The van der Waals surface area contributed by atoms with Crippen LogP contribution in [-0.2, 0) is 0 Å². The van der Waals surface area contributed by atoms with Crippen molar-refractivity contribution < 1.29 is 0 Å². The minimum absolute atomic E-state index is 0.606. The second-order valence-electron chi connectivity index (χ2n) is 5.92. The Labute approximate surface area is 115 Å². The van der Waals surface area contributed by atoms with Crippen LogP contribution in [0.25, 0.3) is 0 Å². The highest BCUT2D eigenvalue weighted by atomic mass is 15.2. The molecular weight excluding hydrogens is 236 g/mol. The summed E-state index contributed by atoms with van der Waals surface area (Å²) in [6.45, 7) is 5.31. The van der Waals surface area contributed by atoms with Gasteiger partial charge in [0, 0.05) is 31.1 Å². The van der Waals surface area contributed by atoms with Crippen molar-refractivity contribution in [3.63, 3.8) is 0 Å². The molecule has 1 N–H and O–H groups in total. The molecule has 0 spiro atoms. The van der Waals surface area contributed by atoms with E-state index in [-0.39, 0.29) is 0 Å². The van der Waals surface area contributed by atoms with Gasteiger partial charge in [0.2, 0.25) is 0 Å². The first kappa shape index (κ1) is 12.7. The molecule has 0 atom stereocenters. The fraction of sp³-hybridized carbons (Fsp3) is 0.733. The van der Waals surface area contributed by atoms with Crippen molar-refractivity contribution >= 4 is 11.6 Å². The van der Waals surface area contributed by atoms with Gasteiger partial charge in [-0.15, -0.1) is 0 Å². The van der Waals surface area contributed by atoms with E-state index in [0.717, 1.165) is 30.4 Å². The van der Waals surface area contributed by atoms with Gasteiger partial charge in [-0.2, -0.15) is 0 Å². The van der Waals surface area contributed by atoms with Gasteiger partial charge < -0.3 is 10.2 Å². The maximum absolute atomic E-state index is 4.84. The highest BCUT2D eigenvalue weighted by Crippen LogP contribution is 2.41. The summed E-state index contributed by atoms with van der Waals surface area (Å²) in [6.07, 6.45) is 6.23. The third-order valence-corrected chi connectivity index (χ3v) is 4.05. The smallest absolute Gasteiger partial charge is 0.137 e. The van der Waals surface area contributed by atoms with Crippen molar-refractivity contribution in [2.45, 2.75) is 57.9 Å². The van der Waals surface area contributed by atoms with Crippen molar-refractivity contribution in [2.75, 3.05) is 23.8 Å². The van der Waals surface area contributed by atoms with Gasteiger partial charge in [0.05, 0.1) is 0 Å². The van der Waals surface area contributed by atoms with E-state index < -0.39 is 0 Å². The molecule has 0 amide bonds. The Bertz CT molecular complexity index is 463. The fourth-order valence-electron chi connectivity index (χ4n) is 2.44. The minimum atomic E-state index is 0.606. The predicted octanol–water partition coefficient (Wildman–Crippen LogP) is 3.08. The summed E-state index contributed by atoms with van der Waals surface area (Å²) in [4.78, 5) is 11.9. The lowest BCUT2D eigenvalue weighted by Crippen LogP contribution is -2.23. The largest absolute Gasteiger partial charge is 0.370 e. The SMILES string of the molecule is CCCNc1nc(C2CC2)nc(N(C)C2CC2)c1C. The number of nitrogens with one attached hydrogen (secondary N) is 1. The molecule has 0 radical (unpaired) electrons. The van der Waals surface area contributed by atoms with Gasteiger partial charge in [-0.3, -0.25) is 0 Å². The lowest BCUT2D eigenvalue weighted by molar-refractivity contribution is 0.837. The first-order chi connectivity index (χ1) is 9.20. The molecule has 104 valence electrons. The molecule has 3 rings (SSSR count). The molecule has 0 aliphatic heterocycles. The third kappa shape index (κ3) is 2.67. The maximum Gasteiger partial charge on any atom is 0.137 e. The number of anilines is 2. The Kier molecular flexibility index (Phi) is 3.33. The van der Waals surface area contributed by atoms with E-state index in [1.54, 1.807) is 0 Å². The topological polar surface area (TPSA) is 41.1 Å². The molecule has 0 saturated heterocycles. The molecule has 19 heavy (non-hydrogen) atoms. The Morgan fingerprint density at radius 2 is 1.95 bits per heavy atom. The molecule has 0 bridgehead atoms. The van der Waals surface area contributed by atoms with Crippen LogP contribution in [0, 0.1) is 6.92 Å². The summed E-state index contributed by atoms with van der Waals surface area (Å²) in [7, 11) is 2.17. The Hall–Kier alpha value is -1.32. The normalized spacial score (nSPS) is 18.5. The van der Waals surface area contributed by atoms with Crippen molar-refractivity contribution in [2.24, 2.45) is 0 Å². The Balaban J connectivity index is 1.93. The lowest BCUT2D eigenvalue weighted by atomic mass is 10.2. The van der Waals surface area contributed by atoms with Crippen molar-refractivity contribution in [3.8, 4) is 0 Å². The molecule has 0 unspecified atom stereocenters. The summed E-state index contributed by atoms with van der Waals surface area (Å²) < 4.78 is 0. The summed E-state index contributed by atoms with van der Waals surface area (Å²) in [5.41, 5.74) is 1.20. The fourth-order valence-corrected chi connectivity index (χ4v) is 2.44. The number of hydrogen-bond donors (Lipinski definition) is 1. The average Bonchev–Trinajstić information content (AvgIpc) is 3.29. The molecule has 0 aromatic carbocycles. The second kappa shape index (κ2) is 4.99. The van der Waals surface area contributed by atoms with Gasteiger partial charge in [0.15, 0.2) is 0 Å². The van der Waals surface area contributed by atoms with E-state index in [4.69, 9.17) is 9.97 Å². The molecule has 2 saturated carbocycles. The van der Waals surface area contributed by atoms with Crippen LogP contribution < -0.4 is 10.2 Å². The molecular formula is C15H24N4. The van der Waals surface area contributed by atoms with E-state index >= 15 is 0 Å². The first-order valence-electron chi connectivity index (χ1n) is 7.56. The number of hydrogen-bond acceptors (Lipinski definition) is 4. The average molecular weight is 260 g/mol. The van der Waals surface area contributed by atoms with Crippen LogP contribution in [0.4, 0.5) is 11.6 Å². The predicted molar refractivity (Wildman–Crippen MR) is 78.9 cm³/mol. The second-order valence-corrected chi connectivity index (χ2v) is 5.92. The van der Waals surface area contributed by atoms with E-state index in [9.17, 15) is 0 Å². The van der Waals surface area contributed by atoms with Crippen molar-refractivity contribution in [3.05, 3.63) is 11.4 Å². The van der Waals surface area contributed by atoms with E-state index in [0.29, 0.717) is 12.0 Å². The monoisotopic (exact) mass is 260 g/mol. The van der Waals surface area contributed by atoms with Crippen LogP contribution in [0.2, 0.25) is 0 Å². The summed E-state index contributed by atoms with van der Waals surface area (Å²) >= 11 is 0. The molecule has 1 aromatic rings. The van der Waals surface area contributed by atoms with Crippen LogP contribution in [0.1, 0.15) is 56.3 Å². The Morgan fingerprint density at radius 3 is 2.53 bits per heavy atom. The van der Waals surface area contributed by atoms with Crippen LogP contribution >= 0.6 is 0 Å². The van der Waals surface area contributed by atoms with Crippen molar-refractivity contribution in [1.82, 2.24) is 9.97 Å². The highest BCUT2D eigenvalue weighted by Gasteiger charge is 2.32. The summed E-state index contributed by atoms with van der Waals surface area (Å²) in [5, 5.41) is 3.46. The van der Waals surface area contributed by atoms with E-state index in [2.05, 4.69) is 31.1 Å². The zero-order valence-electron chi connectivity index (χ0n) is 12.2. The van der Waals surface area contributed by atoms with Gasteiger partial charge >= 0.3 is 0 Å². The van der Waals surface area contributed by atoms with Crippen LogP contribution in [0.5, 0.6) is 0 Å². The molecule has 4 nitrogen and oxygen atoms in total. The minimum Gasteiger partial charge on any atom is -0.370 e. The van der Waals surface area contributed by atoms with E-state index in [1.165, 1.54) is 31.2 Å². The van der Waals surface area contributed by atoms with Crippen LogP contribution in [0.3, 0.4) is 0 Å².